The van der Waals surface area contributed by atoms with Crippen molar-refractivity contribution in [3.63, 3.8) is 0 Å². The van der Waals surface area contributed by atoms with E-state index in [4.69, 9.17) is 0 Å². The second kappa shape index (κ2) is 7.41. The van der Waals surface area contributed by atoms with Gasteiger partial charge in [0.25, 0.3) is 0 Å². The van der Waals surface area contributed by atoms with Gasteiger partial charge in [0.15, 0.2) is 5.65 Å². The third-order valence-electron chi connectivity index (χ3n) is 5.88. The highest BCUT2D eigenvalue weighted by molar-refractivity contribution is 5.79. The maximum Gasteiger partial charge on any atom is 0.417 e. The fraction of sp³-hybridized carbons (Fsp3) is 0.500. The lowest BCUT2D eigenvalue weighted by Crippen LogP contribution is -2.40. The predicted molar refractivity (Wildman–Crippen MR) is 103 cm³/mol. The minimum atomic E-state index is -4.44. The molecule has 0 aromatic carbocycles. The molecule has 1 aliphatic heterocycles. The lowest BCUT2D eigenvalue weighted by molar-refractivity contribution is -0.137. The number of carbonyl (C=O) groups is 1. The zero-order chi connectivity index (χ0) is 21.6. The van der Waals surface area contributed by atoms with Gasteiger partial charge in [-0.1, -0.05) is 0 Å². The van der Waals surface area contributed by atoms with Gasteiger partial charge in [-0.05, 0) is 38.8 Å². The van der Waals surface area contributed by atoms with E-state index in [-0.39, 0.29) is 18.2 Å². The summed E-state index contributed by atoms with van der Waals surface area (Å²) in [5.74, 6) is 0.281. The molecule has 0 saturated carbocycles. The smallest absolute Gasteiger partial charge is 0.342 e. The van der Waals surface area contributed by atoms with E-state index in [1.54, 1.807) is 9.58 Å². The first-order valence-corrected chi connectivity index (χ1v) is 9.84. The van der Waals surface area contributed by atoms with Gasteiger partial charge in [0, 0.05) is 43.5 Å². The highest BCUT2D eigenvalue weighted by Gasteiger charge is 2.33. The first kappa shape index (κ1) is 20.4. The van der Waals surface area contributed by atoms with Gasteiger partial charge in [0.05, 0.1) is 17.7 Å². The molecule has 0 bridgehead atoms. The van der Waals surface area contributed by atoms with Crippen LogP contribution in [0.5, 0.6) is 0 Å². The Bertz CT molecular complexity index is 1100. The highest BCUT2D eigenvalue weighted by atomic mass is 19.4. The van der Waals surface area contributed by atoms with Crippen LogP contribution in [0.3, 0.4) is 0 Å². The molecule has 7 nitrogen and oxygen atoms in total. The molecule has 3 aromatic heterocycles. The monoisotopic (exact) mass is 420 g/mol. The lowest BCUT2D eigenvalue weighted by atomic mass is 9.96. The van der Waals surface area contributed by atoms with E-state index < -0.39 is 11.7 Å². The van der Waals surface area contributed by atoms with Crippen molar-refractivity contribution in [1.29, 1.82) is 0 Å². The molecule has 1 unspecified atom stereocenters. The Morgan fingerprint density at radius 3 is 2.67 bits per heavy atom. The quantitative estimate of drug-likeness (QED) is 0.653. The number of fused-ring (bicyclic) bond motifs is 1. The number of alkyl halides is 3. The summed E-state index contributed by atoms with van der Waals surface area (Å²) in [6.07, 6.45) is -1.64. The van der Waals surface area contributed by atoms with Crippen LogP contribution < -0.4 is 0 Å². The molecule has 10 heteroatoms. The van der Waals surface area contributed by atoms with Crippen molar-refractivity contribution in [2.24, 2.45) is 7.05 Å². The lowest BCUT2D eigenvalue weighted by Gasteiger charge is -2.32. The van der Waals surface area contributed by atoms with Crippen molar-refractivity contribution in [2.45, 2.75) is 45.2 Å². The van der Waals surface area contributed by atoms with Crippen LogP contribution >= 0.6 is 0 Å². The fourth-order valence-electron chi connectivity index (χ4n) is 4.11. The van der Waals surface area contributed by atoms with Gasteiger partial charge < -0.3 is 4.90 Å². The van der Waals surface area contributed by atoms with Gasteiger partial charge in [-0.15, -0.1) is 10.2 Å². The van der Waals surface area contributed by atoms with Crippen LogP contribution in [0.15, 0.2) is 18.3 Å². The molecule has 4 rings (SSSR count). The number of pyridine rings is 1. The molecule has 0 N–H and O–H groups in total. The van der Waals surface area contributed by atoms with Crippen molar-refractivity contribution in [1.82, 2.24) is 29.3 Å². The summed E-state index contributed by atoms with van der Waals surface area (Å²) in [7, 11) is 1.85. The van der Waals surface area contributed by atoms with E-state index in [0.717, 1.165) is 42.1 Å². The molecule has 3 aromatic rings. The van der Waals surface area contributed by atoms with Gasteiger partial charge in [-0.3, -0.25) is 13.9 Å². The number of piperidine rings is 1. The van der Waals surface area contributed by atoms with Crippen LogP contribution in [0.4, 0.5) is 13.2 Å². The summed E-state index contributed by atoms with van der Waals surface area (Å²) in [4.78, 5) is 14.7. The molecule has 0 aliphatic carbocycles. The number of rotatable bonds is 3. The van der Waals surface area contributed by atoms with Crippen LogP contribution in [-0.4, -0.2) is 48.3 Å². The summed E-state index contributed by atoms with van der Waals surface area (Å²) < 4.78 is 42.5. The molecule has 30 heavy (non-hydrogen) atoms. The SMILES string of the molecule is Cc1nn(C)c(C)c1CC(=O)N1CCCC(c2nnc3ccc(C(F)(F)F)cn23)C1. The van der Waals surface area contributed by atoms with Crippen molar-refractivity contribution in [3.05, 3.63) is 46.7 Å². The third kappa shape index (κ3) is 3.66. The number of hydrogen-bond acceptors (Lipinski definition) is 4. The Hall–Kier alpha value is -2.91. The van der Waals surface area contributed by atoms with E-state index in [1.807, 2.05) is 20.9 Å². The molecule has 0 radical (unpaired) electrons. The molecule has 160 valence electrons. The molecule has 0 spiro atoms. The Balaban J connectivity index is 1.56. The molecular weight excluding hydrogens is 397 g/mol. The fourth-order valence-corrected chi connectivity index (χ4v) is 4.11. The van der Waals surface area contributed by atoms with Crippen molar-refractivity contribution < 1.29 is 18.0 Å². The van der Waals surface area contributed by atoms with Crippen molar-refractivity contribution in [2.75, 3.05) is 13.1 Å². The first-order chi connectivity index (χ1) is 14.1. The minimum Gasteiger partial charge on any atom is -0.342 e. The Morgan fingerprint density at radius 1 is 1.23 bits per heavy atom. The molecule has 1 atom stereocenters. The predicted octanol–water partition coefficient (Wildman–Crippen LogP) is 3.05. The number of hydrogen-bond donors (Lipinski definition) is 0. The summed E-state index contributed by atoms with van der Waals surface area (Å²) >= 11 is 0. The number of aromatic nitrogens is 5. The third-order valence-corrected chi connectivity index (χ3v) is 5.88. The minimum absolute atomic E-state index is 0.0105. The maximum atomic E-state index is 13.1. The molecule has 1 fully saturated rings. The average molecular weight is 420 g/mol. The average Bonchev–Trinajstić information content (AvgIpc) is 3.23. The van der Waals surface area contributed by atoms with Gasteiger partial charge in [-0.25, -0.2) is 0 Å². The maximum absolute atomic E-state index is 13.1. The van der Waals surface area contributed by atoms with Crippen LogP contribution in [0.2, 0.25) is 0 Å². The molecule has 1 amide bonds. The van der Waals surface area contributed by atoms with Crippen LogP contribution in [-0.2, 0) is 24.4 Å². The van der Waals surface area contributed by atoms with Crippen molar-refractivity contribution >= 4 is 11.6 Å². The van der Waals surface area contributed by atoms with Crippen LogP contribution in [0.25, 0.3) is 5.65 Å². The van der Waals surface area contributed by atoms with E-state index in [2.05, 4.69) is 15.3 Å². The van der Waals surface area contributed by atoms with E-state index in [9.17, 15) is 18.0 Å². The molecule has 1 aliphatic rings. The largest absolute Gasteiger partial charge is 0.417 e. The van der Waals surface area contributed by atoms with Crippen LogP contribution in [0, 0.1) is 13.8 Å². The normalized spacial score (nSPS) is 17.7. The summed E-state index contributed by atoms with van der Waals surface area (Å²) in [5.41, 5.74) is 2.33. The number of likely N-dealkylation sites (tertiary alicyclic amines) is 1. The van der Waals surface area contributed by atoms with E-state index in [1.165, 1.54) is 10.5 Å². The second-order valence-electron chi connectivity index (χ2n) is 7.83. The summed E-state index contributed by atoms with van der Waals surface area (Å²) in [6.45, 7) is 4.85. The number of aryl methyl sites for hydroxylation is 2. The molecule has 1 saturated heterocycles. The van der Waals surface area contributed by atoms with E-state index >= 15 is 0 Å². The van der Waals surface area contributed by atoms with Gasteiger partial charge in [0.2, 0.25) is 5.91 Å². The number of nitrogens with zero attached hydrogens (tertiary/aromatic N) is 6. The topological polar surface area (TPSA) is 68.3 Å². The number of carbonyl (C=O) groups excluding carboxylic acids is 1. The van der Waals surface area contributed by atoms with E-state index in [0.29, 0.717) is 24.6 Å². The van der Waals surface area contributed by atoms with Gasteiger partial charge in [-0.2, -0.15) is 18.3 Å². The van der Waals surface area contributed by atoms with Crippen molar-refractivity contribution in [3.8, 4) is 0 Å². The molecule has 4 heterocycles. The number of amides is 1. The first-order valence-electron chi connectivity index (χ1n) is 9.84. The second-order valence-corrected chi connectivity index (χ2v) is 7.83. The van der Waals surface area contributed by atoms with Crippen LogP contribution in [0.1, 0.15) is 47.1 Å². The Kier molecular flexibility index (Phi) is 5.03. The highest BCUT2D eigenvalue weighted by Crippen LogP contribution is 2.31. The summed E-state index contributed by atoms with van der Waals surface area (Å²) in [6, 6.07) is 2.32. The standard InChI is InChI=1S/C20H23F3N6O/c1-12-16(13(2)27(3)26-12)9-18(30)28-8-4-5-14(10-28)19-25-24-17-7-6-15(11-29(17)19)20(21,22)23/h6-7,11,14H,4-5,8-10H2,1-3H3. The molecular formula is C20H23F3N6O. The Labute approximate surface area is 171 Å². The number of halogens is 3. The Morgan fingerprint density at radius 2 is 2.00 bits per heavy atom. The van der Waals surface area contributed by atoms with Gasteiger partial charge >= 0.3 is 6.18 Å². The summed E-state index contributed by atoms with van der Waals surface area (Å²) in [5, 5.41) is 12.5. The van der Waals surface area contributed by atoms with Gasteiger partial charge in [0.1, 0.15) is 5.82 Å². The zero-order valence-corrected chi connectivity index (χ0v) is 17.1. The zero-order valence-electron chi connectivity index (χ0n) is 17.1.